The molecule has 25 heavy (non-hydrogen) atoms. The van der Waals surface area contributed by atoms with E-state index in [2.05, 4.69) is 10.6 Å². The fraction of sp³-hybridized carbons (Fsp3) is 0.412. The summed E-state index contributed by atoms with van der Waals surface area (Å²) in [7, 11) is 0. The second-order valence-corrected chi connectivity index (χ2v) is 6.45. The minimum atomic E-state index is -1.07. The number of hydrogen-bond acceptors (Lipinski definition) is 6. The fourth-order valence-electron chi connectivity index (χ4n) is 3.48. The standard InChI is InChI=1S/C17H17N3O5/c21-13-6-12(15(22)19-13)20-16(23)10-2-1-3-11(14(10)17(20)24)18-7-9-4-5-25-8-9/h1-3,9,12,18H,4-8H2,(H,19,21,22). The van der Waals surface area contributed by atoms with Crippen molar-refractivity contribution in [2.75, 3.05) is 25.1 Å². The summed E-state index contributed by atoms with van der Waals surface area (Å²) in [4.78, 5) is 49.6. The molecule has 2 atom stereocenters. The van der Waals surface area contributed by atoms with Crippen LogP contribution in [0.4, 0.5) is 5.69 Å². The molecule has 2 unspecified atom stereocenters. The number of carbonyl (C=O) groups excluding carboxylic acids is 4. The van der Waals surface area contributed by atoms with Crippen LogP contribution >= 0.6 is 0 Å². The number of anilines is 1. The van der Waals surface area contributed by atoms with Crippen LogP contribution in [0.15, 0.2) is 18.2 Å². The third-order valence-electron chi connectivity index (χ3n) is 4.81. The van der Waals surface area contributed by atoms with E-state index < -0.39 is 29.7 Å². The average molecular weight is 343 g/mol. The van der Waals surface area contributed by atoms with Crippen molar-refractivity contribution in [1.29, 1.82) is 0 Å². The lowest BCUT2D eigenvalue weighted by Gasteiger charge is -2.18. The maximum Gasteiger partial charge on any atom is 0.264 e. The van der Waals surface area contributed by atoms with E-state index in [1.807, 2.05) is 0 Å². The van der Waals surface area contributed by atoms with Gasteiger partial charge in [0.1, 0.15) is 6.04 Å². The van der Waals surface area contributed by atoms with Crippen LogP contribution in [0, 0.1) is 5.92 Å². The number of benzene rings is 1. The third kappa shape index (κ3) is 2.58. The summed E-state index contributed by atoms with van der Waals surface area (Å²) < 4.78 is 5.34. The van der Waals surface area contributed by atoms with Gasteiger partial charge in [-0.25, -0.2) is 0 Å². The lowest BCUT2D eigenvalue weighted by Crippen LogP contribution is -2.44. The minimum absolute atomic E-state index is 0.188. The van der Waals surface area contributed by atoms with Crippen molar-refractivity contribution >= 4 is 29.3 Å². The average Bonchev–Trinajstić information content (AvgIpc) is 3.27. The van der Waals surface area contributed by atoms with Gasteiger partial charge in [-0.05, 0) is 18.6 Å². The number of hydrogen-bond donors (Lipinski definition) is 2. The molecule has 0 aliphatic carbocycles. The first-order valence-corrected chi connectivity index (χ1v) is 8.22. The molecule has 3 aliphatic rings. The summed E-state index contributed by atoms with van der Waals surface area (Å²) in [5.74, 6) is -1.82. The number of rotatable bonds is 4. The Balaban J connectivity index is 1.60. The van der Waals surface area contributed by atoms with E-state index in [0.717, 1.165) is 17.9 Å². The van der Waals surface area contributed by atoms with Gasteiger partial charge < -0.3 is 10.1 Å². The normalized spacial score (nSPS) is 25.5. The largest absolute Gasteiger partial charge is 0.384 e. The van der Waals surface area contributed by atoms with Crippen LogP contribution in [0.1, 0.15) is 33.6 Å². The van der Waals surface area contributed by atoms with Gasteiger partial charge in [0.2, 0.25) is 11.8 Å². The predicted octanol–water partition coefficient (Wildman–Crippen LogP) is 0.146. The summed E-state index contributed by atoms with van der Waals surface area (Å²) in [5.41, 5.74) is 1.08. The zero-order valence-corrected chi connectivity index (χ0v) is 13.4. The van der Waals surface area contributed by atoms with E-state index in [1.165, 1.54) is 0 Å². The summed E-state index contributed by atoms with van der Waals surface area (Å²) in [5, 5.41) is 5.36. The summed E-state index contributed by atoms with van der Waals surface area (Å²) in [6.45, 7) is 2.04. The number of ether oxygens (including phenoxy) is 1. The Hall–Kier alpha value is -2.74. The molecule has 130 valence electrons. The first-order valence-electron chi connectivity index (χ1n) is 8.22. The number of nitrogens with zero attached hydrogens (tertiary/aromatic N) is 1. The zero-order valence-electron chi connectivity index (χ0n) is 13.4. The molecule has 0 aromatic heterocycles. The molecule has 2 saturated heterocycles. The molecule has 1 aromatic carbocycles. The lowest BCUT2D eigenvalue weighted by molar-refractivity contribution is -0.125. The maximum atomic E-state index is 12.8. The van der Waals surface area contributed by atoms with Gasteiger partial charge in [-0.15, -0.1) is 0 Å². The van der Waals surface area contributed by atoms with E-state index in [-0.39, 0.29) is 17.5 Å². The van der Waals surface area contributed by atoms with Crippen molar-refractivity contribution in [3.05, 3.63) is 29.3 Å². The van der Waals surface area contributed by atoms with Crippen LogP contribution in [-0.2, 0) is 14.3 Å². The van der Waals surface area contributed by atoms with E-state index >= 15 is 0 Å². The van der Waals surface area contributed by atoms with E-state index in [0.29, 0.717) is 24.8 Å². The van der Waals surface area contributed by atoms with Crippen LogP contribution < -0.4 is 10.6 Å². The topological polar surface area (TPSA) is 105 Å². The molecule has 0 saturated carbocycles. The van der Waals surface area contributed by atoms with Crippen molar-refractivity contribution in [2.24, 2.45) is 5.92 Å². The number of nitrogens with one attached hydrogen (secondary N) is 2. The van der Waals surface area contributed by atoms with Gasteiger partial charge in [0, 0.05) is 24.8 Å². The molecule has 4 amide bonds. The molecule has 1 aromatic rings. The van der Waals surface area contributed by atoms with Crippen LogP contribution in [0.5, 0.6) is 0 Å². The highest BCUT2D eigenvalue weighted by Gasteiger charge is 2.47. The summed E-state index contributed by atoms with van der Waals surface area (Å²) in [6, 6.07) is 3.93. The van der Waals surface area contributed by atoms with Crippen LogP contribution in [-0.4, -0.2) is 54.3 Å². The molecule has 8 heteroatoms. The quantitative estimate of drug-likeness (QED) is 0.754. The van der Waals surface area contributed by atoms with E-state index in [4.69, 9.17) is 4.74 Å². The number of imide groups is 2. The van der Waals surface area contributed by atoms with E-state index in [9.17, 15) is 19.2 Å². The fourth-order valence-corrected chi connectivity index (χ4v) is 3.48. The molecule has 2 fully saturated rings. The Morgan fingerprint density at radius 2 is 2.04 bits per heavy atom. The molecule has 3 heterocycles. The number of amides is 4. The van der Waals surface area contributed by atoms with Crippen LogP contribution in [0.25, 0.3) is 0 Å². The molecule has 0 radical (unpaired) electrons. The Morgan fingerprint density at radius 1 is 1.20 bits per heavy atom. The summed E-state index contributed by atoms with van der Waals surface area (Å²) >= 11 is 0. The number of carbonyl (C=O) groups is 4. The highest BCUT2D eigenvalue weighted by Crippen LogP contribution is 2.32. The molecule has 2 N–H and O–H groups in total. The minimum Gasteiger partial charge on any atom is -0.384 e. The van der Waals surface area contributed by atoms with Gasteiger partial charge >= 0.3 is 0 Å². The van der Waals surface area contributed by atoms with Crippen molar-refractivity contribution in [3.63, 3.8) is 0 Å². The van der Waals surface area contributed by atoms with Gasteiger partial charge in [0.15, 0.2) is 0 Å². The Kier molecular flexibility index (Phi) is 3.76. The zero-order chi connectivity index (χ0) is 17.6. The molecule has 0 spiro atoms. The van der Waals surface area contributed by atoms with Gasteiger partial charge in [0.05, 0.1) is 24.2 Å². The molecule has 4 rings (SSSR count). The van der Waals surface area contributed by atoms with Crippen LogP contribution in [0.3, 0.4) is 0 Å². The first kappa shape index (κ1) is 15.8. The van der Waals surface area contributed by atoms with Gasteiger partial charge in [-0.1, -0.05) is 6.07 Å². The molecule has 8 nitrogen and oxygen atoms in total. The molecule has 3 aliphatic heterocycles. The van der Waals surface area contributed by atoms with Crippen molar-refractivity contribution in [2.45, 2.75) is 18.9 Å². The van der Waals surface area contributed by atoms with Crippen molar-refractivity contribution in [1.82, 2.24) is 10.2 Å². The number of fused-ring (bicyclic) bond motifs is 1. The highest BCUT2D eigenvalue weighted by atomic mass is 16.5. The molecular formula is C17H17N3O5. The van der Waals surface area contributed by atoms with E-state index in [1.54, 1.807) is 18.2 Å². The van der Waals surface area contributed by atoms with Crippen molar-refractivity contribution in [3.8, 4) is 0 Å². The SMILES string of the molecule is O=C1CC(N2C(=O)c3cccc(NCC4CCOC4)c3C2=O)C(=O)N1. The van der Waals surface area contributed by atoms with Gasteiger partial charge in [-0.3, -0.25) is 29.4 Å². The van der Waals surface area contributed by atoms with Crippen molar-refractivity contribution < 1.29 is 23.9 Å². The van der Waals surface area contributed by atoms with Crippen LogP contribution in [0.2, 0.25) is 0 Å². The second kappa shape index (κ2) is 5.96. The molecular weight excluding hydrogens is 326 g/mol. The maximum absolute atomic E-state index is 12.8. The first-order chi connectivity index (χ1) is 12.1. The second-order valence-electron chi connectivity index (χ2n) is 6.45. The predicted molar refractivity (Wildman–Crippen MR) is 85.9 cm³/mol. The summed E-state index contributed by atoms with van der Waals surface area (Å²) in [6.07, 6.45) is 0.762. The monoisotopic (exact) mass is 343 g/mol. The Morgan fingerprint density at radius 3 is 2.72 bits per heavy atom. The van der Waals surface area contributed by atoms with Gasteiger partial charge in [-0.2, -0.15) is 0 Å². The Bertz CT molecular complexity index is 784. The third-order valence-corrected chi connectivity index (χ3v) is 4.81. The molecule has 0 bridgehead atoms. The lowest BCUT2D eigenvalue weighted by atomic mass is 10.1. The smallest absolute Gasteiger partial charge is 0.264 e. The highest BCUT2D eigenvalue weighted by molar-refractivity contribution is 6.26. The Labute approximate surface area is 143 Å². The van der Waals surface area contributed by atoms with Gasteiger partial charge in [0.25, 0.3) is 11.8 Å².